The van der Waals surface area contributed by atoms with E-state index in [0.717, 1.165) is 30.8 Å². The summed E-state index contributed by atoms with van der Waals surface area (Å²) in [6, 6.07) is 3.77. The topological polar surface area (TPSA) is 68.5 Å². The lowest BCUT2D eigenvalue weighted by molar-refractivity contribution is -0.136. The lowest BCUT2D eigenvalue weighted by atomic mass is 9.98. The van der Waals surface area contributed by atoms with Gasteiger partial charge in [0.15, 0.2) is 0 Å². The first-order valence-electron chi connectivity index (χ1n) is 7.92. The van der Waals surface area contributed by atoms with Crippen molar-refractivity contribution in [1.82, 2.24) is 5.32 Å². The molecular formula is C17H21NO4S. The Hall–Kier alpha value is -1.69. The number of esters is 1. The Morgan fingerprint density at radius 2 is 2.22 bits per heavy atom. The van der Waals surface area contributed by atoms with Gasteiger partial charge < -0.3 is 14.5 Å². The number of fused-ring (bicyclic) bond motifs is 1. The Balaban J connectivity index is 1.64. The van der Waals surface area contributed by atoms with Gasteiger partial charge in [-0.05, 0) is 31.9 Å². The van der Waals surface area contributed by atoms with Crippen molar-refractivity contribution in [2.24, 2.45) is 5.92 Å². The number of nitrogens with one attached hydrogen (secondary N) is 1. The molecule has 0 bridgehead atoms. The molecule has 0 spiro atoms. The van der Waals surface area contributed by atoms with Crippen molar-refractivity contribution in [3.63, 3.8) is 0 Å². The zero-order valence-electron chi connectivity index (χ0n) is 13.4. The highest BCUT2D eigenvalue weighted by Gasteiger charge is 2.42. The summed E-state index contributed by atoms with van der Waals surface area (Å²) >= 11 is 1.61. The molecule has 1 aromatic heterocycles. The predicted octanol–water partition coefficient (Wildman–Crippen LogP) is 2.94. The second-order valence-electron chi connectivity index (χ2n) is 5.99. The fraction of sp³-hybridized carbons (Fsp3) is 0.529. The van der Waals surface area contributed by atoms with E-state index in [9.17, 15) is 9.59 Å². The number of thioether (sulfide) groups is 1. The van der Waals surface area contributed by atoms with Gasteiger partial charge in [-0.1, -0.05) is 6.42 Å². The Labute approximate surface area is 139 Å². The molecule has 1 fully saturated rings. The molecule has 1 amide bonds. The summed E-state index contributed by atoms with van der Waals surface area (Å²) < 4.78 is 10.4. The Morgan fingerprint density at radius 1 is 1.39 bits per heavy atom. The van der Waals surface area contributed by atoms with Gasteiger partial charge >= 0.3 is 5.97 Å². The zero-order chi connectivity index (χ0) is 16.4. The molecule has 23 heavy (non-hydrogen) atoms. The molecule has 1 aromatic rings. The van der Waals surface area contributed by atoms with Crippen molar-refractivity contribution in [2.75, 3.05) is 7.11 Å². The van der Waals surface area contributed by atoms with E-state index in [4.69, 9.17) is 9.15 Å². The van der Waals surface area contributed by atoms with Crippen LogP contribution in [0.4, 0.5) is 0 Å². The monoisotopic (exact) mass is 335 g/mol. The fourth-order valence-electron chi connectivity index (χ4n) is 3.28. The van der Waals surface area contributed by atoms with Gasteiger partial charge in [-0.2, -0.15) is 0 Å². The molecule has 2 atom stereocenters. The number of aryl methyl sites for hydroxylation is 2. The SMILES string of the molecule is COC(=O)C1=C(NC(=O)CCc2ccc(C)o2)S[C@H]2CCC[C@@H]12. The van der Waals surface area contributed by atoms with Gasteiger partial charge in [0.25, 0.3) is 0 Å². The Morgan fingerprint density at radius 3 is 2.91 bits per heavy atom. The molecule has 124 valence electrons. The van der Waals surface area contributed by atoms with Crippen molar-refractivity contribution < 1.29 is 18.7 Å². The van der Waals surface area contributed by atoms with Gasteiger partial charge in [0.05, 0.1) is 17.7 Å². The molecule has 1 aliphatic heterocycles. The third-order valence-corrected chi connectivity index (χ3v) is 5.81. The molecule has 2 aliphatic rings. The lowest BCUT2D eigenvalue weighted by Gasteiger charge is -2.11. The Bertz CT molecular complexity index is 649. The maximum absolute atomic E-state index is 12.2. The molecule has 1 saturated carbocycles. The average molecular weight is 335 g/mol. The minimum atomic E-state index is -0.316. The average Bonchev–Trinajstić information content (AvgIpc) is 3.20. The number of furan rings is 1. The Kier molecular flexibility index (Phi) is 4.80. The minimum absolute atomic E-state index is 0.0945. The number of ether oxygens (including phenoxy) is 1. The summed E-state index contributed by atoms with van der Waals surface area (Å²) in [7, 11) is 1.39. The van der Waals surface area contributed by atoms with E-state index in [0.29, 0.717) is 28.7 Å². The van der Waals surface area contributed by atoms with Crippen LogP contribution in [0.15, 0.2) is 27.2 Å². The second kappa shape index (κ2) is 6.83. The van der Waals surface area contributed by atoms with Gasteiger partial charge in [-0.3, -0.25) is 4.79 Å². The van der Waals surface area contributed by atoms with Crippen LogP contribution in [0.25, 0.3) is 0 Å². The quantitative estimate of drug-likeness (QED) is 0.838. The number of rotatable bonds is 5. The van der Waals surface area contributed by atoms with Crippen molar-refractivity contribution in [1.29, 1.82) is 0 Å². The molecule has 3 rings (SSSR count). The van der Waals surface area contributed by atoms with E-state index in [1.807, 2.05) is 19.1 Å². The summed E-state index contributed by atoms with van der Waals surface area (Å²) in [5, 5.41) is 3.99. The van der Waals surface area contributed by atoms with E-state index in [2.05, 4.69) is 5.32 Å². The van der Waals surface area contributed by atoms with Gasteiger partial charge in [0, 0.05) is 24.0 Å². The number of hydrogen-bond donors (Lipinski definition) is 1. The third-order valence-electron chi connectivity index (χ3n) is 4.39. The van der Waals surface area contributed by atoms with Crippen molar-refractivity contribution in [3.8, 4) is 0 Å². The highest BCUT2D eigenvalue weighted by Crippen LogP contribution is 2.49. The van der Waals surface area contributed by atoms with Crippen LogP contribution in [-0.2, 0) is 20.7 Å². The molecule has 5 nitrogen and oxygen atoms in total. The van der Waals surface area contributed by atoms with Crippen molar-refractivity contribution in [2.45, 2.75) is 44.3 Å². The molecule has 0 aromatic carbocycles. The number of methoxy groups -OCH3 is 1. The van der Waals surface area contributed by atoms with Crippen molar-refractivity contribution >= 4 is 23.6 Å². The first kappa shape index (κ1) is 16.2. The maximum atomic E-state index is 12.2. The second-order valence-corrected chi connectivity index (χ2v) is 7.24. The molecule has 2 heterocycles. The van der Waals surface area contributed by atoms with E-state index < -0.39 is 0 Å². The number of amides is 1. The van der Waals surface area contributed by atoms with E-state index in [1.54, 1.807) is 11.8 Å². The predicted molar refractivity (Wildman–Crippen MR) is 87.7 cm³/mol. The lowest BCUT2D eigenvalue weighted by Crippen LogP contribution is -2.24. The highest BCUT2D eigenvalue weighted by atomic mass is 32.2. The summed E-state index contributed by atoms with van der Waals surface area (Å²) in [5.41, 5.74) is 0.655. The van der Waals surface area contributed by atoms with Gasteiger partial charge in [-0.25, -0.2) is 4.79 Å². The third kappa shape index (κ3) is 3.47. The van der Waals surface area contributed by atoms with E-state index in [1.165, 1.54) is 7.11 Å². The molecule has 6 heteroatoms. The van der Waals surface area contributed by atoms with Gasteiger partial charge in [-0.15, -0.1) is 11.8 Å². The molecule has 1 aliphatic carbocycles. The smallest absolute Gasteiger partial charge is 0.336 e. The molecule has 0 unspecified atom stereocenters. The van der Waals surface area contributed by atoms with Crippen LogP contribution in [0.5, 0.6) is 0 Å². The number of carbonyl (C=O) groups excluding carboxylic acids is 2. The fourth-order valence-corrected chi connectivity index (χ4v) is 4.83. The van der Waals surface area contributed by atoms with Crippen LogP contribution in [0.2, 0.25) is 0 Å². The highest BCUT2D eigenvalue weighted by molar-refractivity contribution is 8.04. The van der Waals surface area contributed by atoms with Gasteiger partial charge in [0.2, 0.25) is 5.91 Å². The minimum Gasteiger partial charge on any atom is -0.466 e. The summed E-state index contributed by atoms with van der Waals surface area (Å²) in [4.78, 5) is 24.3. The van der Waals surface area contributed by atoms with E-state index >= 15 is 0 Å². The number of carbonyl (C=O) groups is 2. The largest absolute Gasteiger partial charge is 0.466 e. The summed E-state index contributed by atoms with van der Waals surface area (Å²) in [6.07, 6.45) is 4.09. The normalized spacial score (nSPS) is 23.0. The maximum Gasteiger partial charge on any atom is 0.336 e. The van der Waals surface area contributed by atoms with Crippen LogP contribution in [0.1, 0.15) is 37.2 Å². The van der Waals surface area contributed by atoms with Crippen LogP contribution in [0, 0.1) is 12.8 Å². The molecule has 0 saturated heterocycles. The molecular weight excluding hydrogens is 314 g/mol. The first-order chi connectivity index (χ1) is 11.1. The van der Waals surface area contributed by atoms with E-state index in [-0.39, 0.29) is 17.8 Å². The van der Waals surface area contributed by atoms with Crippen LogP contribution in [-0.4, -0.2) is 24.2 Å². The zero-order valence-corrected chi connectivity index (χ0v) is 14.2. The van der Waals surface area contributed by atoms with Gasteiger partial charge in [0.1, 0.15) is 11.5 Å². The van der Waals surface area contributed by atoms with Crippen LogP contribution >= 0.6 is 11.8 Å². The standard InChI is InChI=1S/C17H21NO4S/c1-10-6-7-11(22-10)8-9-14(19)18-16-15(17(20)21-2)12-4-3-5-13(12)23-16/h6-7,12-13H,3-5,8-9H2,1-2H3,(H,18,19)/t12-,13+/m1/s1. The molecule has 0 radical (unpaired) electrons. The van der Waals surface area contributed by atoms with Crippen molar-refractivity contribution in [3.05, 3.63) is 34.3 Å². The van der Waals surface area contributed by atoms with Crippen LogP contribution < -0.4 is 5.32 Å². The molecule has 1 N–H and O–H groups in total. The summed E-state index contributed by atoms with van der Waals surface area (Å²) in [5.74, 6) is 1.45. The summed E-state index contributed by atoms with van der Waals surface area (Å²) in [6.45, 7) is 1.88. The number of hydrogen-bond acceptors (Lipinski definition) is 5. The first-order valence-corrected chi connectivity index (χ1v) is 8.80. The van der Waals surface area contributed by atoms with Crippen LogP contribution in [0.3, 0.4) is 0 Å².